The van der Waals surface area contributed by atoms with Crippen molar-refractivity contribution >= 4 is 51.9 Å². The van der Waals surface area contributed by atoms with Gasteiger partial charge in [-0.25, -0.2) is 14.6 Å². The van der Waals surface area contributed by atoms with E-state index in [0.717, 1.165) is 0 Å². The van der Waals surface area contributed by atoms with Crippen LogP contribution in [0, 0.1) is 11.3 Å². The number of esters is 2. The fourth-order valence-electron chi connectivity index (χ4n) is 4.61. The second kappa shape index (κ2) is 10.8. The fourth-order valence-corrected chi connectivity index (χ4v) is 5.10. The van der Waals surface area contributed by atoms with Crippen LogP contribution >= 0.6 is 23.2 Å². The topological polar surface area (TPSA) is 132 Å². The van der Waals surface area contributed by atoms with Gasteiger partial charge in [0.2, 0.25) is 5.89 Å². The van der Waals surface area contributed by atoms with Crippen LogP contribution in [0.25, 0.3) is 22.6 Å². The van der Waals surface area contributed by atoms with Gasteiger partial charge in [0.15, 0.2) is 5.58 Å². The average Bonchev–Trinajstić information content (AvgIpc) is 3.39. The Morgan fingerprint density at radius 3 is 2.40 bits per heavy atom. The molecule has 200 valence electrons. The molecule has 2 N–H and O–H groups in total. The molecule has 0 saturated carbocycles. The second-order valence-corrected chi connectivity index (χ2v) is 9.47. The summed E-state index contributed by atoms with van der Waals surface area (Å²) in [6.45, 7) is 0. The van der Waals surface area contributed by atoms with Gasteiger partial charge in [0.05, 0.1) is 53.6 Å². The number of hydrogen-bond donors (Lipinski definition) is 1. The lowest BCUT2D eigenvalue weighted by Gasteiger charge is -2.35. The highest BCUT2D eigenvalue weighted by Crippen LogP contribution is 2.44. The van der Waals surface area contributed by atoms with Gasteiger partial charge in [0.25, 0.3) is 0 Å². The normalized spacial score (nSPS) is 15.3. The summed E-state index contributed by atoms with van der Waals surface area (Å²) in [6, 6.07) is 20.6. The molecule has 1 aliphatic heterocycles. The van der Waals surface area contributed by atoms with E-state index in [-0.39, 0.29) is 28.6 Å². The van der Waals surface area contributed by atoms with Gasteiger partial charge >= 0.3 is 11.9 Å². The molecule has 1 aliphatic rings. The lowest BCUT2D eigenvalue weighted by molar-refractivity contribution is -0.139. The Hall–Kier alpha value is -4.78. The maximum Gasteiger partial charge on any atom is 0.355 e. The molecule has 1 unspecified atom stereocenters. The zero-order valence-corrected chi connectivity index (χ0v) is 22.7. The number of ether oxygens (including phenoxy) is 2. The van der Waals surface area contributed by atoms with Gasteiger partial charge in [0.1, 0.15) is 17.0 Å². The van der Waals surface area contributed by atoms with Gasteiger partial charge in [-0.2, -0.15) is 5.26 Å². The molecule has 0 aliphatic carbocycles. The molecule has 0 saturated heterocycles. The van der Waals surface area contributed by atoms with Crippen LogP contribution < -0.4 is 10.6 Å². The first-order valence-corrected chi connectivity index (χ1v) is 12.6. The number of methoxy groups -OCH3 is 2. The van der Waals surface area contributed by atoms with Crippen LogP contribution in [0.15, 0.2) is 93.8 Å². The van der Waals surface area contributed by atoms with E-state index in [2.05, 4.69) is 11.1 Å². The highest BCUT2D eigenvalue weighted by Gasteiger charge is 2.43. The van der Waals surface area contributed by atoms with Crippen molar-refractivity contribution in [2.24, 2.45) is 5.73 Å². The maximum atomic E-state index is 13.3. The minimum atomic E-state index is -0.974. The molecule has 0 radical (unpaired) electrons. The molecule has 9 nitrogen and oxygen atoms in total. The molecule has 40 heavy (non-hydrogen) atoms. The van der Waals surface area contributed by atoms with E-state index in [9.17, 15) is 14.9 Å². The number of aromatic nitrogens is 1. The Morgan fingerprint density at radius 2 is 1.75 bits per heavy atom. The summed E-state index contributed by atoms with van der Waals surface area (Å²) in [4.78, 5) is 32.3. The number of anilines is 1. The Morgan fingerprint density at radius 1 is 1.02 bits per heavy atom. The van der Waals surface area contributed by atoms with Crippen molar-refractivity contribution in [3.63, 3.8) is 0 Å². The molecule has 1 atom stereocenters. The molecule has 1 aromatic heterocycles. The van der Waals surface area contributed by atoms with E-state index in [1.165, 1.54) is 19.1 Å². The summed E-state index contributed by atoms with van der Waals surface area (Å²) >= 11 is 12.4. The number of nitrogens with zero attached hydrogens (tertiary/aromatic N) is 3. The van der Waals surface area contributed by atoms with Crippen molar-refractivity contribution < 1.29 is 23.5 Å². The third-order valence-corrected chi connectivity index (χ3v) is 6.95. The van der Waals surface area contributed by atoms with Crippen molar-refractivity contribution in [2.45, 2.75) is 5.92 Å². The minimum Gasteiger partial charge on any atom is -0.466 e. The summed E-state index contributed by atoms with van der Waals surface area (Å²) in [5.74, 6) is -2.46. The van der Waals surface area contributed by atoms with Crippen molar-refractivity contribution in [1.29, 1.82) is 5.26 Å². The lowest BCUT2D eigenvalue weighted by atomic mass is 9.81. The molecule has 3 aromatic carbocycles. The molecule has 11 heteroatoms. The van der Waals surface area contributed by atoms with E-state index in [4.69, 9.17) is 42.8 Å². The number of allylic oxidation sites excluding steroid dienone is 1. The van der Waals surface area contributed by atoms with Crippen molar-refractivity contribution in [2.75, 3.05) is 19.1 Å². The number of fused-ring (bicyclic) bond motifs is 1. The number of oxazole rings is 1. The highest BCUT2D eigenvalue weighted by atomic mass is 35.5. The van der Waals surface area contributed by atoms with E-state index in [1.54, 1.807) is 66.7 Å². The van der Waals surface area contributed by atoms with E-state index >= 15 is 0 Å². The Balaban J connectivity index is 1.73. The van der Waals surface area contributed by atoms with Crippen molar-refractivity contribution in [3.05, 3.63) is 105 Å². The standard InChI is InChI=1S/C29H20Cl2N4O5/c1-38-28(36)24-23(15-6-4-3-5-7-15)19(14-32)26(33)35(25(24)29(37)39-2)17-9-11-22-21(13-17)34-27(40-22)18-10-8-16(30)12-20(18)31/h3-13,23H,33H2,1-2H3. The quantitative estimate of drug-likeness (QED) is 0.298. The van der Waals surface area contributed by atoms with Crippen molar-refractivity contribution in [1.82, 2.24) is 4.98 Å². The van der Waals surface area contributed by atoms with Crippen LogP contribution in [-0.4, -0.2) is 31.1 Å². The van der Waals surface area contributed by atoms with E-state index < -0.39 is 17.9 Å². The minimum absolute atomic E-state index is 0.0492. The Bertz CT molecular complexity index is 1770. The van der Waals surface area contributed by atoms with Crippen LogP contribution in [0.4, 0.5) is 5.69 Å². The predicted molar refractivity (Wildman–Crippen MR) is 149 cm³/mol. The molecule has 2 heterocycles. The number of benzene rings is 3. The van der Waals surface area contributed by atoms with Gasteiger partial charge in [-0.1, -0.05) is 53.5 Å². The lowest BCUT2D eigenvalue weighted by Crippen LogP contribution is -2.40. The molecular formula is C29H20Cl2N4O5. The smallest absolute Gasteiger partial charge is 0.355 e. The monoisotopic (exact) mass is 574 g/mol. The summed E-state index contributed by atoms with van der Waals surface area (Å²) in [5, 5.41) is 11.0. The Labute approximate surface area is 238 Å². The van der Waals surface area contributed by atoms with E-state index in [0.29, 0.717) is 38.0 Å². The van der Waals surface area contributed by atoms with Crippen LogP contribution in [0.1, 0.15) is 11.5 Å². The van der Waals surface area contributed by atoms with Gasteiger partial charge in [0, 0.05) is 5.02 Å². The van der Waals surface area contributed by atoms with E-state index in [1.807, 2.05) is 0 Å². The number of rotatable bonds is 5. The molecule has 4 aromatic rings. The summed E-state index contributed by atoms with van der Waals surface area (Å²) < 4.78 is 16.0. The SMILES string of the molecule is COC(=O)C1=C(C(=O)OC)N(c2ccc3oc(-c4ccc(Cl)cc4Cl)nc3c2)C(N)=C(C#N)C1c1ccccc1. The molecule has 0 bridgehead atoms. The van der Waals surface area contributed by atoms with Crippen LogP contribution in [0.3, 0.4) is 0 Å². The van der Waals surface area contributed by atoms with Crippen LogP contribution in [0.5, 0.6) is 0 Å². The highest BCUT2D eigenvalue weighted by molar-refractivity contribution is 6.36. The first kappa shape index (κ1) is 26.8. The molecule has 5 rings (SSSR count). The number of halogens is 2. The Kier molecular flexibility index (Phi) is 7.22. The third-order valence-electron chi connectivity index (χ3n) is 6.40. The molecule has 0 amide bonds. The second-order valence-electron chi connectivity index (χ2n) is 8.63. The third kappa shape index (κ3) is 4.53. The van der Waals surface area contributed by atoms with Crippen LogP contribution in [-0.2, 0) is 19.1 Å². The first-order chi connectivity index (χ1) is 19.3. The van der Waals surface area contributed by atoms with Gasteiger partial charge < -0.3 is 19.6 Å². The van der Waals surface area contributed by atoms with Crippen molar-refractivity contribution in [3.8, 4) is 17.5 Å². The first-order valence-electron chi connectivity index (χ1n) is 11.8. The van der Waals surface area contributed by atoms with Crippen LogP contribution in [0.2, 0.25) is 10.0 Å². The summed E-state index contributed by atoms with van der Waals surface area (Å²) in [7, 11) is 2.37. The molecular weight excluding hydrogens is 555 g/mol. The van der Waals surface area contributed by atoms with Gasteiger partial charge in [-0.05, 0) is 42.0 Å². The van der Waals surface area contributed by atoms with Gasteiger partial charge in [-0.15, -0.1) is 0 Å². The maximum absolute atomic E-state index is 13.3. The van der Waals surface area contributed by atoms with Gasteiger partial charge in [-0.3, -0.25) is 4.90 Å². The largest absolute Gasteiger partial charge is 0.466 e. The zero-order chi connectivity index (χ0) is 28.6. The summed E-state index contributed by atoms with van der Waals surface area (Å²) in [5.41, 5.74) is 8.58. The fraction of sp³-hybridized carbons (Fsp3) is 0.103. The number of nitrogens with two attached hydrogens (primary N) is 1. The average molecular weight is 575 g/mol. The number of hydrogen-bond acceptors (Lipinski definition) is 9. The zero-order valence-electron chi connectivity index (χ0n) is 21.1. The number of carbonyl (C=O) groups excluding carboxylic acids is 2. The number of nitriles is 1. The number of carbonyl (C=O) groups is 2. The molecule has 0 fully saturated rings. The predicted octanol–water partition coefficient (Wildman–Crippen LogP) is 5.70. The molecule has 0 spiro atoms. The summed E-state index contributed by atoms with van der Waals surface area (Å²) in [6.07, 6.45) is 0.